The Labute approximate surface area is 263 Å². The molecule has 0 saturated carbocycles. The average Bonchev–Trinajstić information content (AvgIpc) is 3.51. The Morgan fingerprint density at radius 3 is 1.87 bits per heavy atom. The highest BCUT2D eigenvalue weighted by Crippen LogP contribution is 2.48. The van der Waals surface area contributed by atoms with Crippen LogP contribution >= 0.6 is 0 Å². The van der Waals surface area contributed by atoms with Gasteiger partial charge in [-0.1, -0.05) is 133 Å². The lowest BCUT2D eigenvalue weighted by Gasteiger charge is -2.27. The van der Waals surface area contributed by atoms with Crippen LogP contribution in [0.5, 0.6) is 0 Å². The number of hydrogen-bond acceptors (Lipinski definition) is 2. The minimum atomic E-state index is 0.0301. The molecule has 1 aliphatic heterocycles. The minimum Gasteiger partial charge on any atom is -0.359 e. The van der Waals surface area contributed by atoms with Gasteiger partial charge in [0.25, 0.3) is 0 Å². The second-order valence-corrected chi connectivity index (χ2v) is 12.1. The monoisotopic (exact) mass is 576 g/mol. The smallest absolute Gasteiger partial charge is 0.130 e. The van der Waals surface area contributed by atoms with Gasteiger partial charge in [0.1, 0.15) is 6.17 Å². The zero-order valence-electron chi connectivity index (χ0n) is 24.9. The quantitative estimate of drug-likeness (QED) is 0.210. The molecule has 0 radical (unpaired) electrons. The first kappa shape index (κ1) is 25.9. The van der Waals surface area contributed by atoms with Crippen LogP contribution in [0.1, 0.15) is 29.3 Å². The van der Waals surface area contributed by atoms with E-state index in [1.165, 1.54) is 71.9 Å². The summed E-state index contributed by atoms with van der Waals surface area (Å²) in [5.74, 6) is 0. The highest BCUT2D eigenvalue weighted by Gasteiger charge is 2.31. The fourth-order valence-corrected chi connectivity index (χ4v) is 7.44. The molecule has 214 valence electrons. The molecule has 1 unspecified atom stereocenters. The summed E-state index contributed by atoms with van der Waals surface area (Å²) in [6, 6.07) is 53.4. The molecule has 2 nitrogen and oxygen atoms in total. The minimum absolute atomic E-state index is 0.0301. The van der Waals surface area contributed by atoms with E-state index in [4.69, 9.17) is 0 Å². The third kappa shape index (κ3) is 4.25. The molecule has 0 amide bonds. The van der Waals surface area contributed by atoms with E-state index in [2.05, 4.69) is 168 Å². The second-order valence-electron chi connectivity index (χ2n) is 12.1. The number of para-hydroxylation sites is 2. The number of fused-ring (bicyclic) bond motifs is 4. The number of aryl methyl sites for hydroxylation is 1. The van der Waals surface area contributed by atoms with Crippen LogP contribution in [-0.2, 0) is 6.42 Å². The number of nitrogens with one attached hydrogen (secondary N) is 1. The zero-order valence-corrected chi connectivity index (χ0v) is 24.9. The molecule has 2 heteroatoms. The Hall–Kier alpha value is -5.60. The molecule has 9 rings (SSSR count). The summed E-state index contributed by atoms with van der Waals surface area (Å²) in [6.45, 7) is 0. The van der Waals surface area contributed by atoms with Crippen molar-refractivity contribution in [3.05, 3.63) is 168 Å². The largest absolute Gasteiger partial charge is 0.359 e. The molecule has 7 aromatic rings. The number of rotatable bonds is 4. The third-order valence-corrected chi connectivity index (χ3v) is 9.50. The lowest BCUT2D eigenvalue weighted by atomic mass is 9.84. The van der Waals surface area contributed by atoms with Crippen molar-refractivity contribution in [2.24, 2.45) is 0 Å². The van der Waals surface area contributed by atoms with E-state index < -0.39 is 0 Å². The van der Waals surface area contributed by atoms with Crippen molar-refractivity contribution >= 4 is 44.7 Å². The van der Waals surface area contributed by atoms with Gasteiger partial charge in [-0.05, 0) is 97.6 Å². The van der Waals surface area contributed by atoms with Crippen LogP contribution in [0.3, 0.4) is 0 Å². The normalized spacial score (nSPS) is 15.2. The summed E-state index contributed by atoms with van der Waals surface area (Å²) in [6.07, 6.45) is 6.79. The van der Waals surface area contributed by atoms with Gasteiger partial charge in [-0.25, -0.2) is 0 Å². The van der Waals surface area contributed by atoms with Gasteiger partial charge in [-0.3, -0.25) is 0 Å². The Balaban J connectivity index is 1.20. The van der Waals surface area contributed by atoms with Crippen molar-refractivity contribution in [3.8, 4) is 22.3 Å². The van der Waals surface area contributed by atoms with Crippen molar-refractivity contribution in [3.63, 3.8) is 0 Å². The molecule has 45 heavy (non-hydrogen) atoms. The summed E-state index contributed by atoms with van der Waals surface area (Å²) >= 11 is 0. The van der Waals surface area contributed by atoms with Gasteiger partial charge in [-0.15, -0.1) is 0 Å². The topological polar surface area (TPSA) is 15.3 Å². The van der Waals surface area contributed by atoms with E-state index in [0.717, 1.165) is 18.5 Å². The van der Waals surface area contributed by atoms with E-state index in [1.54, 1.807) is 0 Å². The van der Waals surface area contributed by atoms with Crippen LogP contribution in [0.4, 0.5) is 17.1 Å². The van der Waals surface area contributed by atoms with Crippen LogP contribution in [-0.4, -0.2) is 0 Å². The van der Waals surface area contributed by atoms with E-state index in [-0.39, 0.29) is 6.17 Å². The van der Waals surface area contributed by atoms with Crippen LogP contribution in [0.15, 0.2) is 152 Å². The SMILES string of the molecule is C1=Cc2ccc(-c3c4ccccc4c(-c4ccc(N5c6ccccc6NC5c5ccccc5)cc4)c4ccccc34)cc2CC1. The summed E-state index contributed by atoms with van der Waals surface area (Å²) in [7, 11) is 0. The van der Waals surface area contributed by atoms with Gasteiger partial charge in [0.15, 0.2) is 0 Å². The number of nitrogens with zero attached hydrogens (tertiary/aromatic N) is 1. The molecule has 0 bridgehead atoms. The summed E-state index contributed by atoms with van der Waals surface area (Å²) < 4.78 is 0. The predicted molar refractivity (Wildman–Crippen MR) is 191 cm³/mol. The molecule has 0 saturated heterocycles. The van der Waals surface area contributed by atoms with Crippen LogP contribution in [0.25, 0.3) is 49.9 Å². The molecule has 0 fully saturated rings. The van der Waals surface area contributed by atoms with Crippen LogP contribution in [0, 0.1) is 0 Å². The zero-order chi connectivity index (χ0) is 29.7. The van der Waals surface area contributed by atoms with Crippen molar-refractivity contribution in [2.75, 3.05) is 10.2 Å². The number of anilines is 3. The molecule has 0 aromatic heterocycles. The van der Waals surface area contributed by atoms with Crippen molar-refractivity contribution in [1.82, 2.24) is 0 Å². The van der Waals surface area contributed by atoms with Crippen molar-refractivity contribution in [1.29, 1.82) is 0 Å². The van der Waals surface area contributed by atoms with Gasteiger partial charge < -0.3 is 10.2 Å². The Bertz CT molecular complexity index is 2190. The first-order valence-electron chi connectivity index (χ1n) is 15.9. The average molecular weight is 577 g/mol. The maximum absolute atomic E-state index is 3.76. The van der Waals surface area contributed by atoms with Crippen LogP contribution < -0.4 is 10.2 Å². The lowest BCUT2D eigenvalue weighted by Crippen LogP contribution is -2.23. The molecular weight excluding hydrogens is 544 g/mol. The second kappa shape index (κ2) is 10.5. The Morgan fingerprint density at radius 2 is 1.16 bits per heavy atom. The van der Waals surface area contributed by atoms with Crippen molar-refractivity contribution < 1.29 is 0 Å². The van der Waals surface area contributed by atoms with Gasteiger partial charge in [0.2, 0.25) is 0 Å². The van der Waals surface area contributed by atoms with Crippen LogP contribution in [0.2, 0.25) is 0 Å². The number of allylic oxidation sites excluding steroid dienone is 1. The maximum atomic E-state index is 3.76. The molecule has 2 aliphatic rings. The summed E-state index contributed by atoms with van der Waals surface area (Å²) in [5.41, 5.74) is 12.7. The fourth-order valence-electron chi connectivity index (χ4n) is 7.44. The molecule has 1 N–H and O–H groups in total. The highest BCUT2D eigenvalue weighted by molar-refractivity contribution is 6.21. The first-order valence-corrected chi connectivity index (χ1v) is 15.9. The van der Waals surface area contributed by atoms with Gasteiger partial charge in [0, 0.05) is 5.69 Å². The molecule has 7 aromatic carbocycles. The van der Waals surface area contributed by atoms with Gasteiger partial charge >= 0.3 is 0 Å². The van der Waals surface area contributed by atoms with Gasteiger partial charge in [0.05, 0.1) is 11.4 Å². The molecule has 1 heterocycles. The maximum Gasteiger partial charge on any atom is 0.130 e. The molecule has 0 spiro atoms. The Kier molecular flexibility index (Phi) is 6.05. The standard InChI is InChI=1S/C43H32N2/c1-2-13-31(14-3-1)43-44-39-20-10-11-21-40(39)45(43)34-26-24-30(25-27-34)41-35-16-6-8-18-37(35)42(38-19-9-7-17-36(38)41)33-23-22-29-12-4-5-15-32(29)28-33/h1-4,6-14,16-28,43-44H,5,15H2. The third-order valence-electron chi connectivity index (χ3n) is 9.50. The fraction of sp³-hybridized carbons (Fsp3) is 0.0698. The van der Waals surface area contributed by atoms with Gasteiger partial charge in [-0.2, -0.15) is 0 Å². The Morgan fingerprint density at radius 1 is 0.556 bits per heavy atom. The lowest BCUT2D eigenvalue weighted by molar-refractivity contribution is 0.828. The van der Waals surface area contributed by atoms with E-state index in [9.17, 15) is 0 Å². The van der Waals surface area contributed by atoms with E-state index in [0.29, 0.717) is 0 Å². The van der Waals surface area contributed by atoms with E-state index in [1.807, 2.05) is 0 Å². The van der Waals surface area contributed by atoms with E-state index >= 15 is 0 Å². The summed E-state index contributed by atoms with van der Waals surface area (Å²) in [4.78, 5) is 2.42. The summed E-state index contributed by atoms with van der Waals surface area (Å²) in [5, 5.41) is 8.91. The highest BCUT2D eigenvalue weighted by atomic mass is 15.3. The number of hydrogen-bond donors (Lipinski definition) is 1. The molecular formula is C43H32N2. The molecule has 1 aliphatic carbocycles. The number of benzene rings is 7. The molecule has 1 atom stereocenters. The first-order chi connectivity index (χ1) is 22.3. The van der Waals surface area contributed by atoms with Crippen molar-refractivity contribution in [2.45, 2.75) is 19.0 Å². The predicted octanol–water partition coefficient (Wildman–Crippen LogP) is 11.5.